The standard InChI is InChI=1S/C25H35N5O2/c1-18-16-20(26-5)28-22(27-18)25(4)14-9-15-30(17-25)23(32)24(2,3)29-21(31)13-12-19-10-7-6-8-11-19/h6-8,10-11,16H,9,12-15,17H2,1-5H3,(H,29,31)(H,26,27,28). The minimum absolute atomic E-state index is 0.0713. The van der Waals surface area contributed by atoms with Gasteiger partial charge in [0.2, 0.25) is 11.8 Å². The monoisotopic (exact) mass is 437 g/mol. The lowest BCUT2D eigenvalue weighted by atomic mass is 9.80. The number of rotatable bonds is 7. The summed E-state index contributed by atoms with van der Waals surface area (Å²) in [5.41, 5.74) is 0.696. The van der Waals surface area contributed by atoms with Gasteiger partial charge in [0, 0.05) is 43.7 Å². The normalized spacial score (nSPS) is 18.8. The van der Waals surface area contributed by atoms with E-state index < -0.39 is 5.54 Å². The van der Waals surface area contributed by atoms with Crippen LogP contribution in [-0.4, -0.2) is 52.4 Å². The Labute approximate surface area is 191 Å². The second-order valence-corrected chi connectivity index (χ2v) is 9.52. The second kappa shape index (κ2) is 9.67. The lowest BCUT2D eigenvalue weighted by Gasteiger charge is -2.42. The van der Waals surface area contributed by atoms with Crippen molar-refractivity contribution < 1.29 is 9.59 Å². The first kappa shape index (κ1) is 23.7. The van der Waals surface area contributed by atoms with Crippen LogP contribution >= 0.6 is 0 Å². The minimum atomic E-state index is -0.977. The number of nitrogens with one attached hydrogen (secondary N) is 2. The Balaban J connectivity index is 1.66. The molecule has 1 atom stereocenters. The van der Waals surface area contributed by atoms with Gasteiger partial charge in [0.25, 0.3) is 0 Å². The Bertz CT molecular complexity index is 960. The van der Waals surface area contributed by atoms with Gasteiger partial charge in [-0.05, 0) is 45.6 Å². The Morgan fingerprint density at radius 3 is 2.59 bits per heavy atom. The van der Waals surface area contributed by atoms with Crippen LogP contribution in [-0.2, 0) is 21.4 Å². The number of amides is 2. The van der Waals surface area contributed by atoms with E-state index in [2.05, 4.69) is 27.5 Å². The van der Waals surface area contributed by atoms with Crippen molar-refractivity contribution >= 4 is 17.6 Å². The second-order valence-electron chi connectivity index (χ2n) is 9.52. The van der Waals surface area contributed by atoms with Gasteiger partial charge in [-0.2, -0.15) is 0 Å². The van der Waals surface area contributed by atoms with Crippen molar-refractivity contribution in [1.29, 1.82) is 0 Å². The van der Waals surface area contributed by atoms with E-state index in [0.29, 0.717) is 25.9 Å². The highest BCUT2D eigenvalue weighted by molar-refractivity contribution is 5.91. The van der Waals surface area contributed by atoms with Crippen LogP contribution in [0.25, 0.3) is 0 Å². The topological polar surface area (TPSA) is 87.2 Å². The average molecular weight is 438 g/mol. The van der Waals surface area contributed by atoms with Crippen molar-refractivity contribution in [2.24, 2.45) is 0 Å². The van der Waals surface area contributed by atoms with Gasteiger partial charge in [-0.1, -0.05) is 37.3 Å². The van der Waals surface area contributed by atoms with Crippen LogP contribution in [0, 0.1) is 6.92 Å². The molecule has 1 unspecified atom stereocenters. The third-order valence-electron chi connectivity index (χ3n) is 6.10. The summed E-state index contributed by atoms with van der Waals surface area (Å²) in [6.07, 6.45) is 2.78. The highest BCUT2D eigenvalue weighted by Gasteiger charge is 2.41. The molecule has 1 aromatic carbocycles. The smallest absolute Gasteiger partial charge is 0.247 e. The van der Waals surface area contributed by atoms with Crippen molar-refractivity contribution in [1.82, 2.24) is 20.2 Å². The van der Waals surface area contributed by atoms with Gasteiger partial charge in [-0.15, -0.1) is 0 Å². The minimum Gasteiger partial charge on any atom is -0.373 e. The molecule has 3 rings (SSSR count). The molecule has 0 spiro atoms. The zero-order valence-corrected chi connectivity index (χ0v) is 19.9. The van der Waals surface area contributed by atoms with Crippen molar-refractivity contribution in [3.05, 3.63) is 53.5 Å². The number of carbonyl (C=O) groups is 2. The number of carbonyl (C=O) groups excluding carboxylic acids is 2. The van der Waals surface area contributed by atoms with Gasteiger partial charge >= 0.3 is 0 Å². The van der Waals surface area contributed by atoms with E-state index in [4.69, 9.17) is 0 Å². The third-order valence-corrected chi connectivity index (χ3v) is 6.10. The molecule has 2 heterocycles. The summed E-state index contributed by atoms with van der Waals surface area (Å²) in [4.78, 5) is 37.2. The Kier molecular flexibility index (Phi) is 7.16. The molecule has 1 fully saturated rings. The summed E-state index contributed by atoms with van der Waals surface area (Å²) >= 11 is 0. The molecule has 2 aromatic rings. The van der Waals surface area contributed by atoms with E-state index in [1.807, 2.05) is 55.3 Å². The van der Waals surface area contributed by atoms with Crippen LogP contribution in [0.5, 0.6) is 0 Å². The largest absolute Gasteiger partial charge is 0.373 e. The number of hydrogen-bond acceptors (Lipinski definition) is 5. The molecule has 172 valence electrons. The first-order valence-corrected chi connectivity index (χ1v) is 11.3. The van der Waals surface area contributed by atoms with Gasteiger partial charge in [0.05, 0.1) is 0 Å². The van der Waals surface area contributed by atoms with Gasteiger partial charge in [0.15, 0.2) is 0 Å². The van der Waals surface area contributed by atoms with Gasteiger partial charge in [0.1, 0.15) is 17.2 Å². The fraction of sp³-hybridized carbons (Fsp3) is 0.520. The molecule has 0 aliphatic carbocycles. The lowest BCUT2D eigenvalue weighted by Crippen LogP contribution is -2.59. The Morgan fingerprint density at radius 2 is 1.91 bits per heavy atom. The number of aryl methyl sites for hydroxylation is 2. The summed E-state index contributed by atoms with van der Waals surface area (Å²) < 4.78 is 0. The highest BCUT2D eigenvalue weighted by Crippen LogP contribution is 2.33. The quantitative estimate of drug-likeness (QED) is 0.694. The molecule has 1 aromatic heterocycles. The Morgan fingerprint density at radius 1 is 1.19 bits per heavy atom. The zero-order valence-electron chi connectivity index (χ0n) is 19.9. The number of anilines is 1. The fourth-order valence-corrected chi connectivity index (χ4v) is 4.32. The maximum absolute atomic E-state index is 13.4. The molecule has 2 N–H and O–H groups in total. The number of benzene rings is 1. The molecule has 7 nitrogen and oxygen atoms in total. The van der Waals surface area contributed by atoms with Crippen LogP contribution in [0.2, 0.25) is 0 Å². The molecule has 0 bridgehead atoms. The van der Waals surface area contributed by atoms with Crippen LogP contribution < -0.4 is 10.6 Å². The molecule has 0 saturated carbocycles. The van der Waals surface area contributed by atoms with Gasteiger partial charge in [-0.25, -0.2) is 9.97 Å². The van der Waals surface area contributed by atoms with Crippen molar-refractivity contribution in [2.45, 2.75) is 64.3 Å². The molecule has 1 aliphatic heterocycles. The molecule has 32 heavy (non-hydrogen) atoms. The maximum atomic E-state index is 13.4. The summed E-state index contributed by atoms with van der Waals surface area (Å²) in [6, 6.07) is 11.8. The number of hydrogen-bond donors (Lipinski definition) is 2. The summed E-state index contributed by atoms with van der Waals surface area (Å²) in [6.45, 7) is 8.83. The Hall–Kier alpha value is -2.96. The van der Waals surface area contributed by atoms with E-state index in [-0.39, 0.29) is 17.2 Å². The molecule has 7 heteroatoms. The first-order valence-electron chi connectivity index (χ1n) is 11.3. The predicted molar refractivity (Wildman–Crippen MR) is 126 cm³/mol. The predicted octanol–water partition coefficient (Wildman–Crippen LogP) is 3.23. The van der Waals surface area contributed by atoms with Crippen molar-refractivity contribution in [2.75, 3.05) is 25.5 Å². The molecule has 2 amide bonds. The van der Waals surface area contributed by atoms with E-state index >= 15 is 0 Å². The van der Waals surface area contributed by atoms with Crippen LogP contribution in [0.3, 0.4) is 0 Å². The SMILES string of the molecule is CNc1cc(C)nc(C2(C)CCCN(C(=O)C(C)(C)NC(=O)CCc3ccccc3)C2)n1. The number of likely N-dealkylation sites (tertiary alicyclic amines) is 1. The highest BCUT2D eigenvalue weighted by atomic mass is 16.2. The fourth-order valence-electron chi connectivity index (χ4n) is 4.32. The first-order chi connectivity index (χ1) is 15.1. The molecule has 0 radical (unpaired) electrons. The van der Waals surface area contributed by atoms with Crippen LogP contribution in [0.1, 0.15) is 57.1 Å². The van der Waals surface area contributed by atoms with E-state index in [9.17, 15) is 9.59 Å². The van der Waals surface area contributed by atoms with E-state index in [1.54, 1.807) is 13.8 Å². The van der Waals surface area contributed by atoms with Crippen molar-refractivity contribution in [3.63, 3.8) is 0 Å². The maximum Gasteiger partial charge on any atom is 0.247 e. The van der Waals surface area contributed by atoms with E-state index in [1.165, 1.54) is 0 Å². The number of nitrogens with zero attached hydrogens (tertiary/aromatic N) is 3. The lowest BCUT2D eigenvalue weighted by molar-refractivity contribution is -0.142. The zero-order chi connectivity index (χ0) is 23.4. The summed E-state index contributed by atoms with van der Waals surface area (Å²) in [7, 11) is 1.84. The molecular formula is C25H35N5O2. The van der Waals surface area contributed by atoms with Crippen LogP contribution in [0.15, 0.2) is 36.4 Å². The van der Waals surface area contributed by atoms with E-state index in [0.717, 1.165) is 35.7 Å². The molecular weight excluding hydrogens is 402 g/mol. The number of piperidine rings is 1. The summed E-state index contributed by atoms with van der Waals surface area (Å²) in [5, 5.41) is 6.04. The third kappa shape index (κ3) is 5.64. The average Bonchev–Trinajstić information content (AvgIpc) is 2.77. The van der Waals surface area contributed by atoms with Gasteiger partial charge < -0.3 is 15.5 Å². The summed E-state index contributed by atoms with van der Waals surface area (Å²) in [5.74, 6) is 1.35. The van der Waals surface area contributed by atoms with Crippen molar-refractivity contribution in [3.8, 4) is 0 Å². The molecule has 1 saturated heterocycles. The van der Waals surface area contributed by atoms with Gasteiger partial charge in [-0.3, -0.25) is 9.59 Å². The van der Waals surface area contributed by atoms with Crippen LogP contribution in [0.4, 0.5) is 5.82 Å². The molecule has 1 aliphatic rings. The number of aromatic nitrogens is 2.